The van der Waals surface area contributed by atoms with Crippen LogP contribution in [-0.2, 0) is 10.0 Å². The molecular formula is C13H19N3O2S. The fourth-order valence-corrected chi connectivity index (χ4v) is 4.00. The van der Waals surface area contributed by atoms with E-state index in [0.29, 0.717) is 28.3 Å². The molecule has 0 saturated heterocycles. The first-order valence-electron chi connectivity index (χ1n) is 6.08. The largest absolute Gasteiger partial charge is 0.399 e. The lowest BCUT2D eigenvalue weighted by molar-refractivity contribution is 0.434. The maximum absolute atomic E-state index is 12.6. The Balaban J connectivity index is 3.31. The van der Waals surface area contributed by atoms with Crippen LogP contribution < -0.4 is 5.73 Å². The Morgan fingerprint density at radius 3 is 2.26 bits per heavy atom. The van der Waals surface area contributed by atoms with Gasteiger partial charge >= 0.3 is 0 Å². The number of nitrogens with two attached hydrogens (primary N) is 1. The number of hydrogen-bond donors (Lipinski definition) is 1. The highest BCUT2D eigenvalue weighted by Gasteiger charge is 2.26. The van der Waals surface area contributed by atoms with Gasteiger partial charge in [-0.15, -0.1) is 0 Å². The van der Waals surface area contributed by atoms with Crippen LogP contribution in [0.1, 0.15) is 24.5 Å². The van der Waals surface area contributed by atoms with Gasteiger partial charge in [0.25, 0.3) is 0 Å². The van der Waals surface area contributed by atoms with Crippen molar-refractivity contribution in [2.24, 2.45) is 0 Å². The molecule has 1 aromatic carbocycles. The molecule has 1 aromatic rings. The molecule has 2 N–H and O–H groups in total. The highest BCUT2D eigenvalue weighted by molar-refractivity contribution is 7.89. The number of hydrogen-bond acceptors (Lipinski definition) is 4. The molecule has 6 heteroatoms. The number of sulfonamides is 1. The average molecular weight is 281 g/mol. The Kier molecular flexibility index (Phi) is 4.92. The topological polar surface area (TPSA) is 87.2 Å². The van der Waals surface area contributed by atoms with E-state index in [1.165, 1.54) is 4.31 Å². The van der Waals surface area contributed by atoms with Gasteiger partial charge in [0.15, 0.2) is 0 Å². The summed E-state index contributed by atoms with van der Waals surface area (Å²) >= 11 is 0. The van der Waals surface area contributed by atoms with Gasteiger partial charge in [-0.25, -0.2) is 8.42 Å². The third-order valence-electron chi connectivity index (χ3n) is 2.91. The average Bonchev–Trinajstić information content (AvgIpc) is 2.27. The van der Waals surface area contributed by atoms with Crippen molar-refractivity contribution >= 4 is 15.7 Å². The summed E-state index contributed by atoms with van der Waals surface area (Å²) in [6, 6.07) is 5.27. The van der Waals surface area contributed by atoms with Crippen molar-refractivity contribution < 1.29 is 8.42 Å². The maximum atomic E-state index is 12.6. The minimum absolute atomic E-state index is 0.181. The van der Waals surface area contributed by atoms with Crippen LogP contribution in [0.25, 0.3) is 0 Å². The van der Waals surface area contributed by atoms with Crippen molar-refractivity contribution in [1.82, 2.24) is 4.31 Å². The second-order valence-corrected chi connectivity index (χ2v) is 6.26. The Labute approximate surface area is 114 Å². The van der Waals surface area contributed by atoms with Gasteiger partial charge in [-0.05, 0) is 37.1 Å². The summed E-state index contributed by atoms with van der Waals surface area (Å²) in [6.07, 6.45) is 0.181. The minimum Gasteiger partial charge on any atom is -0.399 e. The fraction of sp³-hybridized carbons (Fsp3) is 0.462. The van der Waals surface area contributed by atoms with Crippen molar-refractivity contribution in [2.75, 3.05) is 18.8 Å². The first-order valence-corrected chi connectivity index (χ1v) is 7.52. The molecule has 0 saturated carbocycles. The molecular weight excluding hydrogens is 262 g/mol. The highest BCUT2D eigenvalue weighted by Crippen LogP contribution is 2.26. The molecule has 104 valence electrons. The van der Waals surface area contributed by atoms with Crippen molar-refractivity contribution in [3.8, 4) is 6.07 Å². The molecule has 0 aliphatic carbocycles. The number of nitriles is 1. The summed E-state index contributed by atoms with van der Waals surface area (Å²) in [7, 11) is -3.57. The van der Waals surface area contributed by atoms with Gasteiger partial charge in [0.1, 0.15) is 0 Å². The van der Waals surface area contributed by atoms with Crippen molar-refractivity contribution in [3.63, 3.8) is 0 Å². The molecule has 0 bridgehead atoms. The summed E-state index contributed by atoms with van der Waals surface area (Å²) in [5.41, 5.74) is 7.52. The van der Waals surface area contributed by atoms with Crippen LogP contribution in [0.15, 0.2) is 17.0 Å². The van der Waals surface area contributed by atoms with E-state index in [9.17, 15) is 8.42 Å². The van der Waals surface area contributed by atoms with Gasteiger partial charge in [0, 0.05) is 25.2 Å². The SMILES string of the molecule is CCN(CCC#N)S(=O)(=O)c1c(C)cc(N)cc1C. The second kappa shape index (κ2) is 6.04. The van der Waals surface area contributed by atoms with Crippen LogP contribution in [0.5, 0.6) is 0 Å². The first kappa shape index (κ1) is 15.5. The van der Waals surface area contributed by atoms with Gasteiger partial charge in [0.2, 0.25) is 10.0 Å². The van der Waals surface area contributed by atoms with Crippen LogP contribution in [0.2, 0.25) is 0 Å². The molecule has 0 aliphatic rings. The molecule has 0 heterocycles. The van der Waals surface area contributed by atoms with Gasteiger partial charge in [-0.3, -0.25) is 0 Å². The van der Waals surface area contributed by atoms with Gasteiger partial charge in [-0.1, -0.05) is 6.92 Å². The molecule has 19 heavy (non-hydrogen) atoms. The van der Waals surface area contributed by atoms with E-state index in [4.69, 9.17) is 11.0 Å². The molecule has 0 aromatic heterocycles. The lowest BCUT2D eigenvalue weighted by atomic mass is 10.1. The first-order chi connectivity index (χ1) is 8.84. The smallest absolute Gasteiger partial charge is 0.243 e. The van der Waals surface area contributed by atoms with Crippen molar-refractivity contribution in [1.29, 1.82) is 5.26 Å². The number of rotatable bonds is 5. The molecule has 0 amide bonds. The Bertz CT molecular complexity index is 580. The lowest BCUT2D eigenvalue weighted by Gasteiger charge is -2.22. The van der Waals surface area contributed by atoms with E-state index in [2.05, 4.69) is 0 Å². The third kappa shape index (κ3) is 3.25. The van der Waals surface area contributed by atoms with Gasteiger partial charge < -0.3 is 5.73 Å². The second-order valence-electron chi connectivity index (χ2n) is 4.39. The quantitative estimate of drug-likeness (QED) is 0.834. The maximum Gasteiger partial charge on any atom is 0.243 e. The lowest BCUT2D eigenvalue weighted by Crippen LogP contribution is -2.32. The normalized spacial score (nSPS) is 11.5. The Morgan fingerprint density at radius 2 is 1.84 bits per heavy atom. The predicted molar refractivity (Wildman–Crippen MR) is 75.0 cm³/mol. The number of nitrogen functional groups attached to an aromatic ring is 1. The molecule has 0 unspecified atom stereocenters. The van der Waals surface area contributed by atoms with Crippen LogP contribution in [0, 0.1) is 25.2 Å². The van der Waals surface area contributed by atoms with E-state index < -0.39 is 10.0 Å². The van der Waals surface area contributed by atoms with Gasteiger partial charge in [0.05, 0.1) is 11.0 Å². The summed E-state index contributed by atoms with van der Waals surface area (Å²) in [6.45, 7) is 5.77. The Hall–Kier alpha value is -1.58. The minimum atomic E-state index is -3.57. The third-order valence-corrected chi connectivity index (χ3v) is 5.19. The van der Waals surface area contributed by atoms with Crippen LogP contribution in [0.4, 0.5) is 5.69 Å². The van der Waals surface area contributed by atoms with E-state index in [1.807, 2.05) is 6.07 Å². The molecule has 0 atom stereocenters. The predicted octanol–water partition coefficient (Wildman–Crippen LogP) is 1.81. The Morgan fingerprint density at radius 1 is 1.32 bits per heavy atom. The summed E-state index contributed by atoms with van der Waals surface area (Å²) in [4.78, 5) is 0.293. The number of nitrogens with zero attached hydrogens (tertiary/aromatic N) is 2. The molecule has 1 rings (SSSR count). The molecule has 5 nitrogen and oxygen atoms in total. The number of aryl methyl sites for hydroxylation is 2. The zero-order valence-electron chi connectivity index (χ0n) is 11.5. The van der Waals surface area contributed by atoms with E-state index >= 15 is 0 Å². The standard InChI is InChI=1S/C13H19N3O2S/c1-4-16(7-5-6-14)19(17,18)13-10(2)8-12(15)9-11(13)3/h8-9H,4-5,7,15H2,1-3H3. The van der Waals surface area contributed by atoms with E-state index in [-0.39, 0.29) is 13.0 Å². The summed E-state index contributed by atoms with van der Waals surface area (Å²) in [5.74, 6) is 0. The van der Waals surface area contributed by atoms with E-state index in [1.54, 1.807) is 32.9 Å². The van der Waals surface area contributed by atoms with E-state index in [0.717, 1.165) is 0 Å². The number of anilines is 1. The van der Waals surface area contributed by atoms with Crippen LogP contribution in [-0.4, -0.2) is 25.8 Å². The fourth-order valence-electron chi connectivity index (χ4n) is 2.14. The molecule has 0 fully saturated rings. The molecule has 0 aliphatic heterocycles. The van der Waals surface area contributed by atoms with Crippen LogP contribution in [0.3, 0.4) is 0 Å². The zero-order valence-corrected chi connectivity index (χ0v) is 12.3. The van der Waals surface area contributed by atoms with Gasteiger partial charge in [-0.2, -0.15) is 9.57 Å². The summed E-state index contributed by atoms with van der Waals surface area (Å²) < 4.78 is 26.5. The van der Waals surface area contributed by atoms with Crippen molar-refractivity contribution in [2.45, 2.75) is 32.1 Å². The van der Waals surface area contributed by atoms with Crippen molar-refractivity contribution in [3.05, 3.63) is 23.3 Å². The summed E-state index contributed by atoms with van der Waals surface area (Å²) in [5, 5.41) is 8.60. The number of benzene rings is 1. The van der Waals surface area contributed by atoms with Crippen LogP contribution >= 0.6 is 0 Å². The molecule has 0 spiro atoms. The zero-order chi connectivity index (χ0) is 14.6. The molecule has 0 radical (unpaired) electrons. The highest BCUT2D eigenvalue weighted by atomic mass is 32.2. The monoisotopic (exact) mass is 281 g/mol.